The zero-order chi connectivity index (χ0) is 16.1. The molecule has 0 saturated carbocycles. The number of benzene rings is 2. The van der Waals surface area contributed by atoms with Crippen molar-refractivity contribution < 1.29 is 4.79 Å². The average Bonchev–Trinajstić information content (AvgIpc) is 2.62. The Bertz CT molecular complexity index is 704. The second-order valence-electron chi connectivity index (χ2n) is 5.54. The maximum Gasteiger partial charge on any atom is 0.185 e. The summed E-state index contributed by atoms with van der Waals surface area (Å²) < 4.78 is 0. The Labute approximate surface area is 141 Å². The van der Waals surface area contributed by atoms with Gasteiger partial charge in [-0.3, -0.25) is 4.79 Å². The molecule has 1 N–H and O–H groups in total. The maximum absolute atomic E-state index is 12.4. The van der Waals surface area contributed by atoms with E-state index in [0.29, 0.717) is 10.6 Å². The predicted octanol–water partition coefficient (Wildman–Crippen LogP) is 3.65. The van der Waals surface area contributed by atoms with Crippen LogP contribution in [0.1, 0.15) is 15.9 Å². The van der Waals surface area contributed by atoms with Crippen molar-refractivity contribution in [2.75, 3.05) is 31.1 Å². The number of carbonyl (C=O) groups excluding carboxylic acids is 1. The van der Waals surface area contributed by atoms with E-state index in [2.05, 4.69) is 16.3 Å². The smallest absolute Gasteiger partial charge is 0.185 e. The number of allylic oxidation sites excluding steroid dienone is 1. The highest BCUT2D eigenvalue weighted by molar-refractivity contribution is 6.30. The Hall–Kier alpha value is -2.10. The van der Waals surface area contributed by atoms with Crippen LogP contribution in [-0.4, -0.2) is 32.0 Å². The number of nitrogens with zero attached hydrogens (tertiary/aromatic N) is 1. The van der Waals surface area contributed by atoms with Crippen molar-refractivity contribution in [3.63, 3.8) is 0 Å². The van der Waals surface area contributed by atoms with Crippen LogP contribution in [0.15, 0.2) is 54.6 Å². The number of ketones is 1. The Kier molecular flexibility index (Phi) is 5.11. The van der Waals surface area contributed by atoms with E-state index in [9.17, 15) is 4.79 Å². The molecular weight excluding hydrogens is 308 g/mol. The molecule has 0 bridgehead atoms. The van der Waals surface area contributed by atoms with Gasteiger partial charge in [0.1, 0.15) is 0 Å². The Morgan fingerprint density at radius 2 is 1.83 bits per heavy atom. The molecule has 118 valence electrons. The van der Waals surface area contributed by atoms with Crippen LogP contribution in [0.5, 0.6) is 0 Å². The molecule has 2 aromatic rings. The lowest BCUT2D eigenvalue weighted by Crippen LogP contribution is -2.43. The summed E-state index contributed by atoms with van der Waals surface area (Å²) in [6.45, 7) is 3.90. The van der Waals surface area contributed by atoms with E-state index in [-0.39, 0.29) is 5.78 Å². The molecule has 0 spiro atoms. The highest BCUT2D eigenvalue weighted by Gasteiger charge is 2.11. The van der Waals surface area contributed by atoms with Crippen molar-refractivity contribution in [2.45, 2.75) is 0 Å². The molecule has 0 amide bonds. The molecule has 1 saturated heterocycles. The third-order valence-corrected chi connectivity index (χ3v) is 4.16. The van der Waals surface area contributed by atoms with Gasteiger partial charge in [0, 0.05) is 42.5 Å². The van der Waals surface area contributed by atoms with E-state index in [4.69, 9.17) is 11.6 Å². The number of anilines is 1. The van der Waals surface area contributed by atoms with Crippen LogP contribution in [0.25, 0.3) is 6.08 Å². The number of rotatable bonds is 4. The predicted molar refractivity (Wildman–Crippen MR) is 96.3 cm³/mol. The fraction of sp³-hybridized carbons (Fsp3) is 0.211. The van der Waals surface area contributed by atoms with E-state index in [1.165, 1.54) is 0 Å². The van der Waals surface area contributed by atoms with Crippen LogP contribution in [0.4, 0.5) is 5.69 Å². The van der Waals surface area contributed by atoms with Gasteiger partial charge < -0.3 is 10.2 Å². The summed E-state index contributed by atoms with van der Waals surface area (Å²) in [5.41, 5.74) is 2.78. The standard InChI is InChI=1S/C19H19ClN2O/c20-17-7-4-15(5-8-17)6-9-19(23)16-2-1-3-18(14-16)22-12-10-21-11-13-22/h1-9,14,21H,10-13H2/b9-6+. The van der Waals surface area contributed by atoms with Gasteiger partial charge in [-0.1, -0.05) is 41.9 Å². The summed E-state index contributed by atoms with van der Waals surface area (Å²) in [6.07, 6.45) is 3.43. The summed E-state index contributed by atoms with van der Waals surface area (Å²) in [4.78, 5) is 14.7. The van der Waals surface area contributed by atoms with Gasteiger partial charge in [0.05, 0.1) is 0 Å². The van der Waals surface area contributed by atoms with E-state index < -0.39 is 0 Å². The molecule has 3 nitrogen and oxygen atoms in total. The molecule has 2 aromatic carbocycles. The molecule has 1 aliphatic rings. The Morgan fingerprint density at radius 1 is 1.09 bits per heavy atom. The van der Waals surface area contributed by atoms with Gasteiger partial charge in [0.2, 0.25) is 0 Å². The highest BCUT2D eigenvalue weighted by atomic mass is 35.5. The summed E-state index contributed by atoms with van der Waals surface area (Å²) >= 11 is 5.86. The number of piperazine rings is 1. The summed E-state index contributed by atoms with van der Waals surface area (Å²) in [6, 6.07) is 15.3. The number of nitrogens with one attached hydrogen (secondary N) is 1. The second-order valence-corrected chi connectivity index (χ2v) is 5.97. The summed E-state index contributed by atoms with van der Waals surface area (Å²) in [5.74, 6) is 0.0111. The molecule has 4 heteroatoms. The third-order valence-electron chi connectivity index (χ3n) is 3.91. The molecular formula is C19H19ClN2O. The number of halogens is 1. The van der Waals surface area contributed by atoms with Crippen LogP contribution in [-0.2, 0) is 0 Å². The monoisotopic (exact) mass is 326 g/mol. The van der Waals surface area contributed by atoms with E-state index >= 15 is 0 Å². The normalized spacial score (nSPS) is 15.1. The number of hydrogen-bond acceptors (Lipinski definition) is 3. The molecule has 0 radical (unpaired) electrons. The van der Waals surface area contributed by atoms with E-state index in [0.717, 1.165) is 37.4 Å². The van der Waals surface area contributed by atoms with Crippen LogP contribution < -0.4 is 10.2 Å². The van der Waals surface area contributed by atoms with Gasteiger partial charge >= 0.3 is 0 Å². The first-order valence-corrected chi connectivity index (χ1v) is 8.14. The van der Waals surface area contributed by atoms with Crippen LogP contribution in [0, 0.1) is 0 Å². The molecule has 1 aliphatic heterocycles. The highest BCUT2D eigenvalue weighted by Crippen LogP contribution is 2.18. The Balaban J connectivity index is 1.73. The van der Waals surface area contributed by atoms with Crippen LogP contribution >= 0.6 is 11.6 Å². The maximum atomic E-state index is 12.4. The van der Waals surface area contributed by atoms with Gasteiger partial charge in [0.25, 0.3) is 0 Å². The van der Waals surface area contributed by atoms with Crippen molar-refractivity contribution in [1.82, 2.24) is 5.32 Å². The van der Waals surface area contributed by atoms with Crippen LogP contribution in [0.3, 0.4) is 0 Å². The molecule has 1 fully saturated rings. The van der Waals surface area contributed by atoms with Crippen molar-refractivity contribution in [1.29, 1.82) is 0 Å². The van der Waals surface area contributed by atoms with Gasteiger partial charge in [-0.2, -0.15) is 0 Å². The minimum atomic E-state index is 0.0111. The van der Waals surface area contributed by atoms with Crippen molar-refractivity contribution in [3.05, 3.63) is 70.8 Å². The molecule has 0 unspecified atom stereocenters. The number of carbonyl (C=O) groups is 1. The van der Waals surface area contributed by atoms with E-state index in [1.54, 1.807) is 6.08 Å². The molecule has 0 aromatic heterocycles. The van der Waals surface area contributed by atoms with Crippen LogP contribution in [0.2, 0.25) is 5.02 Å². The van der Waals surface area contributed by atoms with E-state index in [1.807, 2.05) is 48.5 Å². The second kappa shape index (κ2) is 7.44. The fourth-order valence-electron chi connectivity index (χ4n) is 2.62. The zero-order valence-corrected chi connectivity index (χ0v) is 13.6. The first kappa shape index (κ1) is 15.8. The van der Waals surface area contributed by atoms with Crippen molar-refractivity contribution in [2.24, 2.45) is 0 Å². The molecule has 3 rings (SSSR count). The van der Waals surface area contributed by atoms with Gasteiger partial charge in [-0.15, -0.1) is 0 Å². The fourth-order valence-corrected chi connectivity index (χ4v) is 2.75. The molecule has 0 aliphatic carbocycles. The lowest BCUT2D eigenvalue weighted by molar-refractivity contribution is 0.104. The molecule has 0 atom stereocenters. The van der Waals surface area contributed by atoms with Gasteiger partial charge in [-0.05, 0) is 35.9 Å². The van der Waals surface area contributed by atoms with Gasteiger partial charge in [0.15, 0.2) is 5.78 Å². The summed E-state index contributed by atoms with van der Waals surface area (Å²) in [5, 5.41) is 4.03. The third kappa shape index (κ3) is 4.21. The SMILES string of the molecule is O=C(/C=C/c1ccc(Cl)cc1)c1cccc(N2CCNCC2)c1. The lowest BCUT2D eigenvalue weighted by Gasteiger charge is -2.29. The minimum Gasteiger partial charge on any atom is -0.369 e. The van der Waals surface area contributed by atoms with Crippen molar-refractivity contribution >= 4 is 29.1 Å². The molecule has 23 heavy (non-hydrogen) atoms. The quantitative estimate of drug-likeness (QED) is 0.687. The average molecular weight is 327 g/mol. The lowest BCUT2D eigenvalue weighted by atomic mass is 10.1. The van der Waals surface area contributed by atoms with Crippen molar-refractivity contribution in [3.8, 4) is 0 Å². The topological polar surface area (TPSA) is 32.3 Å². The molecule has 1 heterocycles. The zero-order valence-electron chi connectivity index (χ0n) is 12.8. The Morgan fingerprint density at radius 3 is 2.57 bits per heavy atom. The number of hydrogen-bond donors (Lipinski definition) is 1. The first-order valence-electron chi connectivity index (χ1n) is 7.76. The first-order chi connectivity index (χ1) is 11.2. The largest absolute Gasteiger partial charge is 0.369 e. The minimum absolute atomic E-state index is 0.0111. The summed E-state index contributed by atoms with van der Waals surface area (Å²) in [7, 11) is 0. The van der Waals surface area contributed by atoms with Gasteiger partial charge in [-0.25, -0.2) is 0 Å².